The van der Waals surface area contributed by atoms with E-state index >= 15 is 0 Å². The minimum Gasteiger partial charge on any atom is -0.382 e. The number of methoxy groups -OCH3 is 1. The number of carbonyl (C=O) groups excluding carboxylic acids is 1. The van der Waals surface area contributed by atoms with Crippen molar-refractivity contribution in [2.75, 3.05) is 20.3 Å². The molecule has 1 aliphatic rings. The van der Waals surface area contributed by atoms with Gasteiger partial charge in [0.25, 0.3) is 0 Å². The van der Waals surface area contributed by atoms with Crippen molar-refractivity contribution >= 4 is 5.78 Å². The second-order valence-electron chi connectivity index (χ2n) is 3.80. The van der Waals surface area contributed by atoms with Crippen molar-refractivity contribution in [2.24, 2.45) is 0 Å². The van der Waals surface area contributed by atoms with Gasteiger partial charge in [-0.2, -0.15) is 0 Å². The lowest BCUT2D eigenvalue weighted by atomic mass is 9.90. The molecule has 1 saturated heterocycles. The van der Waals surface area contributed by atoms with E-state index in [1.165, 1.54) is 0 Å². The van der Waals surface area contributed by atoms with Gasteiger partial charge in [-0.05, 0) is 26.2 Å². The average molecular weight is 186 g/mol. The van der Waals surface area contributed by atoms with Crippen LogP contribution in [0.4, 0.5) is 0 Å². The summed E-state index contributed by atoms with van der Waals surface area (Å²) in [5, 5.41) is 0. The SMILES string of the molecule is COCC1(CC(C)=O)CCCCO1. The minimum absolute atomic E-state index is 0.180. The minimum atomic E-state index is -0.321. The van der Waals surface area contributed by atoms with Crippen LogP contribution in [0.2, 0.25) is 0 Å². The molecule has 1 unspecified atom stereocenters. The summed E-state index contributed by atoms with van der Waals surface area (Å²) < 4.78 is 10.8. The molecule has 0 aliphatic carbocycles. The van der Waals surface area contributed by atoms with Crippen LogP contribution in [0, 0.1) is 0 Å². The van der Waals surface area contributed by atoms with Crippen molar-refractivity contribution in [3.8, 4) is 0 Å². The standard InChI is InChI=1S/C10H18O3/c1-9(11)7-10(8-12-2)5-3-4-6-13-10/h3-8H2,1-2H3. The van der Waals surface area contributed by atoms with Crippen LogP contribution in [0.3, 0.4) is 0 Å². The zero-order valence-electron chi connectivity index (χ0n) is 8.47. The maximum atomic E-state index is 11.1. The number of ketones is 1. The van der Waals surface area contributed by atoms with E-state index in [9.17, 15) is 4.79 Å². The molecule has 1 rings (SSSR count). The lowest BCUT2D eigenvalue weighted by molar-refractivity contribution is -0.140. The topological polar surface area (TPSA) is 35.5 Å². The van der Waals surface area contributed by atoms with Crippen molar-refractivity contribution in [3.05, 3.63) is 0 Å². The fourth-order valence-corrected chi connectivity index (χ4v) is 1.93. The molecule has 1 atom stereocenters. The van der Waals surface area contributed by atoms with Gasteiger partial charge >= 0.3 is 0 Å². The van der Waals surface area contributed by atoms with E-state index in [0.29, 0.717) is 13.0 Å². The van der Waals surface area contributed by atoms with Gasteiger partial charge in [0.05, 0.1) is 12.2 Å². The van der Waals surface area contributed by atoms with Crippen LogP contribution in [-0.4, -0.2) is 31.7 Å². The van der Waals surface area contributed by atoms with Gasteiger partial charge in [0.15, 0.2) is 0 Å². The Morgan fingerprint density at radius 3 is 2.77 bits per heavy atom. The smallest absolute Gasteiger partial charge is 0.132 e. The molecule has 0 spiro atoms. The highest BCUT2D eigenvalue weighted by Crippen LogP contribution is 2.28. The summed E-state index contributed by atoms with van der Waals surface area (Å²) in [7, 11) is 1.65. The normalized spacial score (nSPS) is 28.8. The molecular formula is C10H18O3. The van der Waals surface area contributed by atoms with Gasteiger partial charge in [0.2, 0.25) is 0 Å². The number of ether oxygens (including phenoxy) is 2. The van der Waals surface area contributed by atoms with E-state index in [2.05, 4.69) is 0 Å². The highest BCUT2D eigenvalue weighted by molar-refractivity contribution is 5.76. The molecule has 0 aromatic rings. The van der Waals surface area contributed by atoms with Gasteiger partial charge in [0, 0.05) is 20.1 Å². The summed E-state index contributed by atoms with van der Waals surface area (Å²) in [6, 6.07) is 0. The third-order valence-corrected chi connectivity index (χ3v) is 2.41. The van der Waals surface area contributed by atoms with E-state index in [-0.39, 0.29) is 11.4 Å². The molecule has 1 fully saturated rings. The monoisotopic (exact) mass is 186 g/mol. The second-order valence-corrected chi connectivity index (χ2v) is 3.80. The zero-order valence-corrected chi connectivity index (χ0v) is 8.47. The van der Waals surface area contributed by atoms with Gasteiger partial charge in [-0.25, -0.2) is 0 Å². The third kappa shape index (κ3) is 3.08. The van der Waals surface area contributed by atoms with Gasteiger partial charge < -0.3 is 9.47 Å². The molecule has 76 valence electrons. The Morgan fingerprint density at radius 1 is 1.54 bits per heavy atom. The van der Waals surface area contributed by atoms with Gasteiger partial charge in [-0.15, -0.1) is 0 Å². The number of Topliss-reactive ketones (excluding diaryl/α,β-unsaturated/α-hetero) is 1. The van der Waals surface area contributed by atoms with Crippen LogP contribution < -0.4 is 0 Å². The quantitative estimate of drug-likeness (QED) is 0.668. The first-order valence-electron chi connectivity index (χ1n) is 4.81. The van der Waals surface area contributed by atoms with E-state index in [1.54, 1.807) is 14.0 Å². The van der Waals surface area contributed by atoms with E-state index in [0.717, 1.165) is 25.9 Å². The van der Waals surface area contributed by atoms with Crippen molar-refractivity contribution in [3.63, 3.8) is 0 Å². The number of hydrogen-bond acceptors (Lipinski definition) is 3. The first kappa shape index (κ1) is 10.7. The summed E-state index contributed by atoms with van der Waals surface area (Å²) in [6.45, 7) is 2.90. The largest absolute Gasteiger partial charge is 0.382 e. The lowest BCUT2D eigenvalue weighted by Gasteiger charge is -2.36. The van der Waals surface area contributed by atoms with E-state index < -0.39 is 0 Å². The Kier molecular flexibility index (Phi) is 3.88. The maximum Gasteiger partial charge on any atom is 0.132 e. The number of rotatable bonds is 4. The second kappa shape index (κ2) is 4.72. The van der Waals surface area contributed by atoms with Crippen LogP contribution in [0.5, 0.6) is 0 Å². The summed E-state index contributed by atoms with van der Waals surface area (Å²) >= 11 is 0. The average Bonchev–Trinajstić information content (AvgIpc) is 2.04. The molecule has 0 bridgehead atoms. The maximum absolute atomic E-state index is 11.1. The molecule has 0 N–H and O–H groups in total. The zero-order chi connectivity index (χ0) is 9.73. The number of hydrogen-bond donors (Lipinski definition) is 0. The molecule has 13 heavy (non-hydrogen) atoms. The summed E-state index contributed by atoms with van der Waals surface area (Å²) in [5.74, 6) is 0.180. The van der Waals surface area contributed by atoms with Crippen molar-refractivity contribution in [2.45, 2.75) is 38.2 Å². The molecule has 0 saturated carbocycles. The van der Waals surface area contributed by atoms with Crippen LogP contribution in [0.15, 0.2) is 0 Å². The number of carbonyl (C=O) groups is 1. The van der Waals surface area contributed by atoms with Crippen LogP contribution in [0.25, 0.3) is 0 Å². The molecular weight excluding hydrogens is 168 g/mol. The Labute approximate surface area is 79.4 Å². The van der Waals surface area contributed by atoms with E-state index in [4.69, 9.17) is 9.47 Å². The summed E-state index contributed by atoms with van der Waals surface area (Å²) in [4.78, 5) is 11.1. The molecule has 0 amide bonds. The fourth-order valence-electron chi connectivity index (χ4n) is 1.93. The summed E-state index contributed by atoms with van der Waals surface area (Å²) in [6.07, 6.45) is 3.67. The van der Waals surface area contributed by atoms with Crippen molar-refractivity contribution < 1.29 is 14.3 Å². The van der Waals surface area contributed by atoms with Gasteiger partial charge in [0.1, 0.15) is 5.78 Å². The fraction of sp³-hybridized carbons (Fsp3) is 0.900. The molecule has 0 aromatic heterocycles. The molecule has 3 heteroatoms. The van der Waals surface area contributed by atoms with Crippen LogP contribution in [0.1, 0.15) is 32.6 Å². The van der Waals surface area contributed by atoms with Crippen molar-refractivity contribution in [1.82, 2.24) is 0 Å². The van der Waals surface area contributed by atoms with Crippen molar-refractivity contribution in [1.29, 1.82) is 0 Å². The lowest BCUT2D eigenvalue weighted by Crippen LogP contribution is -2.42. The highest BCUT2D eigenvalue weighted by atomic mass is 16.5. The van der Waals surface area contributed by atoms with Gasteiger partial charge in [-0.1, -0.05) is 0 Å². The predicted octanol–water partition coefficient (Wildman–Crippen LogP) is 1.55. The first-order chi connectivity index (χ1) is 6.18. The molecule has 3 nitrogen and oxygen atoms in total. The van der Waals surface area contributed by atoms with E-state index in [1.807, 2.05) is 0 Å². The molecule has 1 heterocycles. The molecule has 1 aliphatic heterocycles. The van der Waals surface area contributed by atoms with Gasteiger partial charge in [-0.3, -0.25) is 4.79 Å². The Morgan fingerprint density at radius 2 is 2.31 bits per heavy atom. The Hall–Kier alpha value is -0.410. The molecule has 0 radical (unpaired) electrons. The first-order valence-corrected chi connectivity index (χ1v) is 4.81. The Balaban J connectivity index is 2.55. The van der Waals surface area contributed by atoms with Crippen LogP contribution in [-0.2, 0) is 14.3 Å². The third-order valence-electron chi connectivity index (χ3n) is 2.41. The summed E-state index contributed by atoms with van der Waals surface area (Å²) in [5.41, 5.74) is -0.321. The van der Waals surface area contributed by atoms with Crippen LogP contribution >= 0.6 is 0 Å². The highest BCUT2D eigenvalue weighted by Gasteiger charge is 2.34. The Bertz CT molecular complexity index is 165. The molecule has 0 aromatic carbocycles. The predicted molar refractivity (Wildman–Crippen MR) is 49.7 cm³/mol.